The summed E-state index contributed by atoms with van der Waals surface area (Å²) in [6.07, 6.45) is -1.45. The summed E-state index contributed by atoms with van der Waals surface area (Å²) in [6.45, 7) is 0.592. The van der Waals surface area contributed by atoms with Gasteiger partial charge in [0.25, 0.3) is 0 Å². The summed E-state index contributed by atoms with van der Waals surface area (Å²) in [5, 5.41) is 9.14. The van der Waals surface area contributed by atoms with E-state index in [1.165, 1.54) is 0 Å². The molecule has 0 aliphatic carbocycles. The molecule has 0 atom stereocenters. The Labute approximate surface area is 171 Å². The lowest BCUT2D eigenvalue weighted by Gasteiger charge is -2.09. The molecule has 3 aromatic rings. The van der Waals surface area contributed by atoms with Crippen LogP contribution in [0.15, 0.2) is 41.8 Å². The standard InChI is InChI=1S/C14H12Cl2N4S.C2HF3O2/c15-9-1-2-10(11(16)7-9)12-8-13-18-4-5-20(13)14(19-12)21-6-3-17;3-2(4,5)1(6)7/h1-2,4-5,7-8H,3,6,17H2;(H,6,7). The Morgan fingerprint density at radius 3 is 2.54 bits per heavy atom. The number of aliphatic carboxylic acids is 1. The summed E-state index contributed by atoms with van der Waals surface area (Å²) in [5.41, 5.74) is 8.01. The Hall–Kier alpha value is -2.01. The van der Waals surface area contributed by atoms with Crippen LogP contribution in [0.4, 0.5) is 13.2 Å². The van der Waals surface area contributed by atoms with Crippen LogP contribution in [0.25, 0.3) is 16.9 Å². The molecule has 0 aliphatic heterocycles. The van der Waals surface area contributed by atoms with Crippen molar-refractivity contribution in [2.45, 2.75) is 11.3 Å². The van der Waals surface area contributed by atoms with Crippen molar-refractivity contribution < 1.29 is 23.1 Å². The third kappa shape index (κ3) is 5.74. The number of nitrogens with two attached hydrogens (primary N) is 1. The van der Waals surface area contributed by atoms with Crippen LogP contribution < -0.4 is 5.73 Å². The van der Waals surface area contributed by atoms with Gasteiger partial charge >= 0.3 is 12.1 Å². The SMILES string of the molecule is NCCSc1nc(-c2ccc(Cl)cc2Cl)cc2nccn12.O=C(O)C(F)(F)F. The number of aromatic nitrogens is 3. The van der Waals surface area contributed by atoms with E-state index in [0.29, 0.717) is 16.6 Å². The zero-order chi connectivity index (χ0) is 20.9. The maximum atomic E-state index is 10.6. The molecule has 28 heavy (non-hydrogen) atoms. The van der Waals surface area contributed by atoms with E-state index in [0.717, 1.165) is 27.8 Å². The number of thioether (sulfide) groups is 1. The van der Waals surface area contributed by atoms with E-state index in [1.807, 2.05) is 22.7 Å². The quantitative estimate of drug-likeness (QED) is 0.450. The maximum absolute atomic E-state index is 10.6. The van der Waals surface area contributed by atoms with Gasteiger partial charge in [-0.1, -0.05) is 35.0 Å². The van der Waals surface area contributed by atoms with Gasteiger partial charge in [-0.25, -0.2) is 14.8 Å². The smallest absolute Gasteiger partial charge is 0.475 e. The minimum atomic E-state index is -5.08. The molecule has 150 valence electrons. The molecule has 0 aliphatic rings. The zero-order valence-electron chi connectivity index (χ0n) is 14.0. The van der Waals surface area contributed by atoms with Crippen LogP contribution in [-0.4, -0.2) is 43.9 Å². The third-order valence-corrected chi connectivity index (χ3v) is 4.69. The fraction of sp³-hybridized carbons (Fsp3) is 0.188. The Morgan fingerprint density at radius 2 is 1.96 bits per heavy atom. The first kappa shape index (κ1) is 22.3. The minimum Gasteiger partial charge on any atom is -0.475 e. The van der Waals surface area contributed by atoms with Crippen LogP contribution in [0.2, 0.25) is 10.0 Å². The number of benzene rings is 1. The number of alkyl halides is 3. The highest BCUT2D eigenvalue weighted by atomic mass is 35.5. The van der Waals surface area contributed by atoms with Crippen molar-refractivity contribution >= 4 is 46.6 Å². The minimum absolute atomic E-state index is 0.570. The molecule has 0 radical (unpaired) electrons. The van der Waals surface area contributed by atoms with Gasteiger partial charge in [-0.3, -0.25) is 4.40 Å². The van der Waals surface area contributed by atoms with E-state index in [9.17, 15) is 13.2 Å². The molecule has 0 saturated heterocycles. The van der Waals surface area contributed by atoms with Crippen molar-refractivity contribution in [1.82, 2.24) is 14.4 Å². The second kappa shape index (κ2) is 9.46. The lowest BCUT2D eigenvalue weighted by molar-refractivity contribution is -0.192. The van der Waals surface area contributed by atoms with Crippen LogP contribution in [0.1, 0.15) is 0 Å². The number of halogens is 5. The topological polar surface area (TPSA) is 93.5 Å². The average molecular weight is 453 g/mol. The van der Waals surface area contributed by atoms with Gasteiger partial charge in [0, 0.05) is 41.3 Å². The number of hydrogen-bond donors (Lipinski definition) is 2. The summed E-state index contributed by atoms with van der Waals surface area (Å²) >= 11 is 13.8. The number of fused-ring (bicyclic) bond motifs is 1. The summed E-state index contributed by atoms with van der Waals surface area (Å²) in [4.78, 5) is 17.9. The van der Waals surface area contributed by atoms with E-state index < -0.39 is 12.1 Å². The first-order chi connectivity index (χ1) is 13.1. The normalized spacial score (nSPS) is 11.2. The Balaban J connectivity index is 0.000000345. The van der Waals surface area contributed by atoms with Gasteiger partial charge in [0.2, 0.25) is 0 Å². The summed E-state index contributed by atoms with van der Waals surface area (Å²) < 4.78 is 33.7. The van der Waals surface area contributed by atoms with E-state index in [4.69, 9.17) is 38.8 Å². The molecule has 3 rings (SSSR count). The van der Waals surface area contributed by atoms with Crippen LogP contribution in [0, 0.1) is 0 Å². The Bertz CT molecular complexity index is 982. The highest BCUT2D eigenvalue weighted by Gasteiger charge is 2.38. The van der Waals surface area contributed by atoms with Crippen molar-refractivity contribution in [3.63, 3.8) is 0 Å². The average Bonchev–Trinajstić information content (AvgIpc) is 3.08. The number of carboxylic acids is 1. The first-order valence-electron chi connectivity index (χ1n) is 7.56. The van der Waals surface area contributed by atoms with Crippen LogP contribution in [0.5, 0.6) is 0 Å². The van der Waals surface area contributed by atoms with Crippen LogP contribution in [0.3, 0.4) is 0 Å². The molecule has 0 fully saturated rings. The van der Waals surface area contributed by atoms with Crippen LogP contribution >= 0.6 is 35.0 Å². The predicted molar refractivity (Wildman–Crippen MR) is 102 cm³/mol. The monoisotopic (exact) mass is 452 g/mol. The number of nitrogens with zero attached hydrogens (tertiary/aromatic N) is 3. The third-order valence-electron chi connectivity index (χ3n) is 3.16. The van der Waals surface area contributed by atoms with Gasteiger partial charge < -0.3 is 10.8 Å². The second-order valence-corrected chi connectivity index (χ2v) is 7.05. The van der Waals surface area contributed by atoms with E-state index in [1.54, 1.807) is 30.1 Å². The lowest BCUT2D eigenvalue weighted by Crippen LogP contribution is -2.21. The van der Waals surface area contributed by atoms with E-state index >= 15 is 0 Å². The van der Waals surface area contributed by atoms with E-state index in [2.05, 4.69) is 9.97 Å². The molecule has 0 amide bonds. The fourth-order valence-corrected chi connectivity index (χ4v) is 3.24. The molecular formula is C16H13Cl2F3N4O2S. The van der Waals surface area contributed by atoms with Crippen molar-refractivity contribution in [3.05, 3.63) is 46.7 Å². The van der Waals surface area contributed by atoms with Crippen molar-refractivity contribution in [3.8, 4) is 11.3 Å². The molecule has 6 nitrogen and oxygen atoms in total. The second-order valence-electron chi connectivity index (χ2n) is 5.14. The van der Waals surface area contributed by atoms with E-state index in [-0.39, 0.29) is 0 Å². The molecule has 0 unspecified atom stereocenters. The molecule has 2 heterocycles. The summed E-state index contributed by atoms with van der Waals surface area (Å²) in [5.74, 6) is -1.97. The molecular weight excluding hydrogens is 440 g/mol. The molecule has 1 aromatic carbocycles. The highest BCUT2D eigenvalue weighted by Crippen LogP contribution is 2.31. The van der Waals surface area contributed by atoms with Gasteiger partial charge in [0.15, 0.2) is 5.16 Å². The highest BCUT2D eigenvalue weighted by molar-refractivity contribution is 7.99. The molecule has 2 aromatic heterocycles. The maximum Gasteiger partial charge on any atom is 0.490 e. The number of imidazole rings is 1. The fourth-order valence-electron chi connectivity index (χ4n) is 1.98. The molecule has 3 N–H and O–H groups in total. The van der Waals surface area contributed by atoms with Crippen molar-refractivity contribution in [2.75, 3.05) is 12.3 Å². The number of carboxylic acid groups (broad SMARTS) is 1. The Kier molecular flexibility index (Phi) is 7.53. The molecule has 12 heteroatoms. The first-order valence-corrected chi connectivity index (χ1v) is 9.30. The molecule has 0 bridgehead atoms. The number of rotatable bonds is 4. The van der Waals surface area contributed by atoms with Gasteiger partial charge in [-0.15, -0.1) is 0 Å². The van der Waals surface area contributed by atoms with Crippen molar-refractivity contribution in [1.29, 1.82) is 0 Å². The van der Waals surface area contributed by atoms with Gasteiger partial charge in [-0.2, -0.15) is 13.2 Å². The van der Waals surface area contributed by atoms with Gasteiger partial charge in [-0.05, 0) is 18.2 Å². The molecule has 0 spiro atoms. The number of carbonyl (C=O) groups is 1. The summed E-state index contributed by atoms with van der Waals surface area (Å²) in [6, 6.07) is 7.28. The van der Waals surface area contributed by atoms with Crippen molar-refractivity contribution in [2.24, 2.45) is 5.73 Å². The lowest BCUT2D eigenvalue weighted by atomic mass is 10.1. The van der Waals surface area contributed by atoms with Gasteiger partial charge in [0.1, 0.15) is 5.65 Å². The zero-order valence-corrected chi connectivity index (χ0v) is 16.3. The van der Waals surface area contributed by atoms with Gasteiger partial charge in [0.05, 0.1) is 10.7 Å². The van der Waals surface area contributed by atoms with Crippen LogP contribution in [-0.2, 0) is 4.79 Å². The predicted octanol–water partition coefficient (Wildman–Crippen LogP) is 4.39. The summed E-state index contributed by atoms with van der Waals surface area (Å²) in [7, 11) is 0. The largest absolute Gasteiger partial charge is 0.490 e. The Morgan fingerprint density at radius 1 is 1.29 bits per heavy atom. The molecule has 0 saturated carbocycles. The number of hydrogen-bond acceptors (Lipinski definition) is 5.